The Balaban J connectivity index is 2.83. The second-order valence-electron chi connectivity index (χ2n) is 4.65. The summed E-state index contributed by atoms with van der Waals surface area (Å²) in [5.41, 5.74) is 3.99. The molecule has 0 aromatic rings. The molecule has 3 N–H and O–H groups in total. The highest BCUT2D eigenvalue weighted by molar-refractivity contribution is 5.87. The summed E-state index contributed by atoms with van der Waals surface area (Å²) in [4.78, 5) is 10.8. The van der Waals surface area contributed by atoms with Gasteiger partial charge in [0, 0.05) is 6.08 Å². The lowest BCUT2D eigenvalue weighted by molar-refractivity contribution is -0.113. The van der Waals surface area contributed by atoms with Crippen molar-refractivity contribution in [2.24, 2.45) is 11.1 Å². The summed E-state index contributed by atoms with van der Waals surface area (Å²) in [6, 6.07) is 2.16. The van der Waals surface area contributed by atoms with Gasteiger partial charge in [-0.2, -0.15) is 5.26 Å². The van der Waals surface area contributed by atoms with Crippen LogP contribution in [0.1, 0.15) is 33.1 Å². The van der Waals surface area contributed by atoms with Crippen LogP contribution in [0, 0.1) is 16.7 Å². The molecule has 0 aliphatic heterocycles. The second-order valence-corrected chi connectivity index (χ2v) is 4.65. The average Bonchev–Trinajstić information content (AvgIpc) is 3.04. The number of allylic oxidation sites excluding steroid dienone is 2. The Morgan fingerprint density at radius 2 is 2.24 bits per heavy atom. The number of primary amides is 1. The molecular weight excluding hydrogens is 216 g/mol. The molecule has 0 saturated heterocycles. The molecule has 17 heavy (non-hydrogen) atoms. The number of rotatable bonds is 5. The predicted molar refractivity (Wildman–Crippen MR) is 64.6 cm³/mol. The van der Waals surface area contributed by atoms with Gasteiger partial charge in [0.15, 0.2) is 0 Å². The standard InChI is InChI=1S/C13H18N2O2/c1-3-10(8-11(15)16)4-5-12(2,17)13(9-14)6-7-13/h4-5,8,17H,3,6-7H2,1-2H3,(H2,15,16)/b5-4+,10-8-/t12-/m1/s1. The summed E-state index contributed by atoms with van der Waals surface area (Å²) in [6.07, 6.45) is 6.65. The van der Waals surface area contributed by atoms with Gasteiger partial charge in [-0.05, 0) is 31.8 Å². The Morgan fingerprint density at radius 1 is 1.65 bits per heavy atom. The zero-order valence-electron chi connectivity index (χ0n) is 10.2. The lowest BCUT2D eigenvalue weighted by atomic mass is 9.86. The molecule has 0 heterocycles. The molecule has 92 valence electrons. The van der Waals surface area contributed by atoms with E-state index in [1.54, 1.807) is 19.1 Å². The Hall–Kier alpha value is -1.60. The van der Waals surface area contributed by atoms with E-state index in [0.29, 0.717) is 19.3 Å². The van der Waals surface area contributed by atoms with Crippen LogP contribution in [0.2, 0.25) is 0 Å². The van der Waals surface area contributed by atoms with Crippen molar-refractivity contribution >= 4 is 5.91 Å². The van der Waals surface area contributed by atoms with Crippen LogP contribution in [-0.2, 0) is 4.79 Å². The number of hydrogen-bond donors (Lipinski definition) is 2. The zero-order valence-corrected chi connectivity index (χ0v) is 10.2. The highest BCUT2D eigenvalue weighted by atomic mass is 16.3. The number of hydrogen-bond acceptors (Lipinski definition) is 3. The zero-order chi connectivity index (χ0) is 13.1. The molecule has 1 amide bonds. The average molecular weight is 234 g/mol. The summed E-state index contributed by atoms with van der Waals surface area (Å²) >= 11 is 0. The summed E-state index contributed by atoms with van der Waals surface area (Å²) in [7, 11) is 0. The third-order valence-electron chi connectivity index (χ3n) is 3.29. The first-order valence-corrected chi connectivity index (χ1v) is 5.70. The quantitative estimate of drug-likeness (QED) is 0.557. The third-order valence-corrected chi connectivity index (χ3v) is 3.29. The molecule has 1 fully saturated rings. The fraction of sp³-hybridized carbons (Fsp3) is 0.538. The van der Waals surface area contributed by atoms with E-state index in [0.717, 1.165) is 5.57 Å². The lowest BCUT2D eigenvalue weighted by Crippen LogP contribution is -2.32. The van der Waals surface area contributed by atoms with Gasteiger partial charge >= 0.3 is 0 Å². The molecule has 1 aliphatic carbocycles. The first-order chi connectivity index (χ1) is 7.87. The maximum atomic E-state index is 10.8. The number of nitrogens with two attached hydrogens (primary N) is 1. The van der Waals surface area contributed by atoms with Crippen LogP contribution in [0.15, 0.2) is 23.8 Å². The van der Waals surface area contributed by atoms with Crippen LogP contribution in [0.3, 0.4) is 0 Å². The molecule has 1 atom stereocenters. The normalized spacial score (nSPS) is 21.9. The van der Waals surface area contributed by atoms with E-state index in [4.69, 9.17) is 11.0 Å². The second kappa shape index (κ2) is 4.72. The Labute approximate surface area is 101 Å². The van der Waals surface area contributed by atoms with Gasteiger partial charge in [-0.3, -0.25) is 4.79 Å². The smallest absolute Gasteiger partial charge is 0.241 e. The molecule has 1 rings (SSSR count). The number of carbonyl (C=O) groups is 1. The van der Waals surface area contributed by atoms with Crippen molar-refractivity contribution in [3.05, 3.63) is 23.8 Å². The largest absolute Gasteiger partial charge is 0.384 e. The van der Waals surface area contributed by atoms with Crippen LogP contribution < -0.4 is 5.73 Å². The van der Waals surface area contributed by atoms with E-state index in [1.807, 2.05) is 6.92 Å². The lowest BCUT2D eigenvalue weighted by Gasteiger charge is -2.24. The van der Waals surface area contributed by atoms with Crippen molar-refractivity contribution < 1.29 is 9.90 Å². The minimum atomic E-state index is -1.16. The van der Waals surface area contributed by atoms with Crippen molar-refractivity contribution in [2.45, 2.75) is 38.7 Å². The molecule has 4 nitrogen and oxygen atoms in total. The van der Waals surface area contributed by atoms with Gasteiger partial charge in [0.2, 0.25) is 5.91 Å². The van der Waals surface area contributed by atoms with Gasteiger partial charge in [-0.15, -0.1) is 0 Å². The summed E-state index contributed by atoms with van der Waals surface area (Å²) in [6.45, 7) is 3.52. The van der Waals surface area contributed by atoms with Crippen LogP contribution in [0.4, 0.5) is 0 Å². The molecule has 0 aromatic carbocycles. The molecule has 0 spiro atoms. The highest BCUT2D eigenvalue weighted by Crippen LogP contribution is 2.54. The van der Waals surface area contributed by atoms with Gasteiger partial charge in [0.05, 0.1) is 17.1 Å². The molecule has 0 unspecified atom stereocenters. The molecule has 4 heteroatoms. The van der Waals surface area contributed by atoms with E-state index in [-0.39, 0.29) is 0 Å². The summed E-state index contributed by atoms with van der Waals surface area (Å²) < 4.78 is 0. The first kappa shape index (κ1) is 13.5. The van der Waals surface area contributed by atoms with Gasteiger partial charge in [-0.1, -0.05) is 19.1 Å². The van der Waals surface area contributed by atoms with E-state index in [9.17, 15) is 9.90 Å². The number of aliphatic hydroxyl groups is 1. The molecular formula is C13H18N2O2. The van der Waals surface area contributed by atoms with Crippen molar-refractivity contribution in [1.82, 2.24) is 0 Å². The Bertz CT molecular complexity index is 410. The van der Waals surface area contributed by atoms with Gasteiger partial charge in [0.1, 0.15) is 0 Å². The van der Waals surface area contributed by atoms with Crippen LogP contribution >= 0.6 is 0 Å². The SMILES string of the molecule is CCC(=C/C(N)=O)/C=C/[C@@](C)(O)C1(C#N)CC1. The molecule has 0 aromatic heterocycles. The van der Waals surface area contributed by atoms with Crippen LogP contribution in [0.25, 0.3) is 0 Å². The third kappa shape index (κ3) is 2.95. The van der Waals surface area contributed by atoms with E-state index >= 15 is 0 Å². The predicted octanol–water partition coefficient (Wildman–Crippen LogP) is 1.42. The topological polar surface area (TPSA) is 87.1 Å². The monoisotopic (exact) mass is 234 g/mol. The molecule has 0 bridgehead atoms. The van der Waals surface area contributed by atoms with Crippen molar-refractivity contribution in [2.75, 3.05) is 0 Å². The Morgan fingerprint density at radius 3 is 2.59 bits per heavy atom. The number of carbonyl (C=O) groups excluding carboxylic acids is 1. The van der Waals surface area contributed by atoms with Gasteiger partial charge in [0.25, 0.3) is 0 Å². The molecule has 0 radical (unpaired) electrons. The van der Waals surface area contributed by atoms with Crippen molar-refractivity contribution in [3.63, 3.8) is 0 Å². The fourth-order valence-corrected chi connectivity index (χ4v) is 1.74. The van der Waals surface area contributed by atoms with Crippen molar-refractivity contribution in [3.8, 4) is 6.07 Å². The minimum Gasteiger partial charge on any atom is -0.384 e. The maximum Gasteiger partial charge on any atom is 0.241 e. The number of amides is 1. The number of nitriles is 1. The summed E-state index contributed by atoms with van der Waals surface area (Å²) in [5.74, 6) is -0.507. The number of nitrogens with zero attached hydrogens (tertiary/aromatic N) is 1. The minimum absolute atomic E-state index is 0.507. The summed E-state index contributed by atoms with van der Waals surface area (Å²) in [5, 5.41) is 19.3. The molecule has 1 saturated carbocycles. The van der Waals surface area contributed by atoms with Crippen LogP contribution in [-0.4, -0.2) is 16.6 Å². The van der Waals surface area contributed by atoms with Crippen molar-refractivity contribution in [1.29, 1.82) is 5.26 Å². The fourth-order valence-electron chi connectivity index (χ4n) is 1.74. The Kier molecular flexibility index (Phi) is 3.74. The van der Waals surface area contributed by atoms with Crippen LogP contribution in [0.5, 0.6) is 0 Å². The van der Waals surface area contributed by atoms with E-state index in [1.165, 1.54) is 6.08 Å². The molecule has 1 aliphatic rings. The van der Waals surface area contributed by atoms with Gasteiger partial charge in [-0.25, -0.2) is 0 Å². The maximum absolute atomic E-state index is 10.8. The van der Waals surface area contributed by atoms with E-state index in [2.05, 4.69) is 6.07 Å². The first-order valence-electron chi connectivity index (χ1n) is 5.70. The van der Waals surface area contributed by atoms with E-state index < -0.39 is 16.9 Å². The highest BCUT2D eigenvalue weighted by Gasteiger charge is 2.55. The van der Waals surface area contributed by atoms with Gasteiger partial charge < -0.3 is 10.8 Å².